The van der Waals surface area contributed by atoms with Crippen LogP contribution in [-0.2, 0) is 4.79 Å². The number of rotatable bonds is 9. The highest BCUT2D eigenvalue weighted by Crippen LogP contribution is 2.29. The van der Waals surface area contributed by atoms with Crippen LogP contribution in [0.2, 0.25) is 0 Å². The summed E-state index contributed by atoms with van der Waals surface area (Å²) in [5, 5.41) is 3.02. The fourth-order valence-electron chi connectivity index (χ4n) is 1.92. The second-order valence-electron chi connectivity index (χ2n) is 4.56. The van der Waals surface area contributed by atoms with Crippen LogP contribution in [0.3, 0.4) is 0 Å². The van der Waals surface area contributed by atoms with Gasteiger partial charge < -0.3 is 11.1 Å². The van der Waals surface area contributed by atoms with E-state index in [0.29, 0.717) is 11.5 Å². The number of hydrogen-bond donors (Lipinski definition) is 2. The van der Waals surface area contributed by atoms with E-state index in [4.69, 9.17) is 18.0 Å². The number of thioether (sulfide) groups is 1. The molecule has 0 aromatic carbocycles. The zero-order chi connectivity index (χ0) is 14.2. The van der Waals surface area contributed by atoms with E-state index in [1.807, 2.05) is 18.7 Å². The average Bonchev–Trinajstić information content (AvgIpc) is 2.37. The first-order valence-electron chi connectivity index (χ1n) is 6.58. The van der Waals surface area contributed by atoms with Gasteiger partial charge in [-0.05, 0) is 25.5 Å². The third-order valence-corrected chi connectivity index (χ3v) is 5.42. The molecule has 18 heavy (non-hydrogen) atoms. The summed E-state index contributed by atoms with van der Waals surface area (Å²) in [6, 6.07) is 0. The summed E-state index contributed by atoms with van der Waals surface area (Å²) >= 11 is 6.78. The number of nitrogens with one attached hydrogen (secondary N) is 1. The molecule has 0 rings (SSSR count). The lowest BCUT2D eigenvalue weighted by atomic mass is 10.00. The number of nitrogens with two attached hydrogens (primary N) is 1. The van der Waals surface area contributed by atoms with Gasteiger partial charge in [-0.25, -0.2) is 0 Å². The molecule has 0 heterocycles. The molecule has 0 aliphatic rings. The molecule has 0 aliphatic heterocycles. The average molecular weight is 290 g/mol. The maximum Gasteiger partial charge on any atom is 0.229 e. The largest absolute Gasteiger partial charge is 0.393 e. The fourth-order valence-corrected chi connectivity index (χ4v) is 2.94. The Balaban J connectivity index is 4.50. The molecule has 3 N–H and O–H groups in total. The van der Waals surface area contributed by atoms with Gasteiger partial charge in [-0.1, -0.05) is 39.4 Å². The monoisotopic (exact) mass is 290 g/mol. The van der Waals surface area contributed by atoms with Crippen molar-refractivity contribution in [3.8, 4) is 0 Å². The van der Waals surface area contributed by atoms with E-state index in [-0.39, 0.29) is 16.6 Å². The van der Waals surface area contributed by atoms with E-state index in [0.717, 1.165) is 25.7 Å². The fraction of sp³-hybridized carbons (Fsp3) is 0.846. The molecule has 0 saturated carbocycles. The molecule has 0 bridgehead atoms. The van der Waals surface area contributed by atoms with E-state index < -0.39 is 0 Å². The number of carbonyl (C=O) groups excluding carboxylic acids is 1. The first-order chi connectivity index (χ1) is 8.46. The van der Waals surface area contributed by atoms with Gasteiger partial charge in [-0.3, -0.25) is 4.79 Å². The highest BCUT2D eigenvalue weighted by atomic mass is 32.2. The third-order valence-electron chi connectivity index (χ3n) is 3.54. The van der Waals surface area contributed by atoms with Crippen LogP contribution in [0.15, 0.2) is 0 Å². The van der Waals surface area contributed by atoms with Crippen LogP contribution in [-0.4, -0.2) is 28.4 Å². The normalized spacial score (nSPS) is 13.1. The molecule has 3 nitrogen and oxygen atoms in total. The summed E-state index contributed by atoms with van der Waals surface area (Å²) in [5.74, 6) is -0.344. The minimum absolute atomic E-state index is 0.0234. The lowest BCUT2D eigenvalue weighted by Crippen LogP contribution is -2.44. The van der Waals surface area contributed by atoms with Gasteiger partial charge in [0.15, 0.2) is 0 Å². The van der Waals surface area contributed by atoms with Gasteiger partial charge in [0.05, 0.1) is 10.9 Å². The summed E-state index contributed by atoms with van der Waals surface area (Å²) in [6.07, 6.45) is 5.81. The van der Waals surface area contributed by atoms with E-state index >= 15 is 0 Å². The first-order valence-corrected chi connectivity index (χ1v) is 8.21. The van der Waals surface area contributed by atoms with Crippen molar-refractivity contribution in [1.82, 2.24) is 5.32 Å². The van der Waals surface area contributed by atoms with Crippen LogP contribution < -0.4 is 11.1 Å². The SMILES string of the molecule is CCCC(C(=O)NCC(CC)(CC)SC)C(N)=S. The van der Waals surface area contributed by atoms with E-state index in [1.165, 1.54) is 0 Å². The summed E-state index contributed by atoms with van der Waals surface area (Å²) in [7, 11) is 0. The Morgan fingerprint density at radius 1 is 1.39 bits per heavy atom. The molecule has 1 unspecified atom stereocenters. The van der Waals surface area contributed by atoms with Gasteiger partial charge in [-0.15, -0.1) is 0 Å². The Hall–Kier alpha value is -0.290. The maximum absolute atomic E-state index is 12.1. The minimum atomic E-state index is -0.321. The molecule has 1 atom stereocenters. The Bertz CT molecular complexity index is 270. The Labute approximate surface area is 121 Å². The summed E-state index contributed by atoms with van der Waals surface area (Å²) in [4.78, 5) is 12.4. The Morgan fingerprint density at radius 2 is 1.94 bits per heavy atom. The Kier molecular flexibility index (Phi) is 8.61. The van der Waals surface area contributed by atoms with Crippen molar-refractivity contribution in [1.29, 1.82) is 0 Å². The zero-order valence-corrected chi connectivity index (χ0v) is 13.5. The zero-order valence-electron chi connectivity index (χ0n) is 11.9. The molecule has 5 heteroatoms. The van der Waals surface area contributed by atoms with E-state index in [2.05, 4.69) is 25.4 Å². The number of thiocarbonyl (C=S) groups is 1. The topological polar surface area (TPSA) is 55.1 Å². The Morgan fingerprint density at radius 3 is 2.28 bits per heavy atom. The van der Waals surface area contributed by atoms with Crippen LogP contribution >= 0.6 is 24.0 Å². The van der Waals surface area contributed by atoms with Gasteiger partial charge in [0, 0.05) is 11.3 Å². The lowest BCUT2D eigenvalue weighted by Gasteiger charge is -2.30. The quantitative estimate of drug-likeness (QED) is 0.641. The van der Waals surface area contributed by atoms with Crippen LogP contribution in [0.4, 0.5) is 0 Å². The predicted octanol–water partition coefficient (Wildman–Crippen LogP) is 2.73. The molecule has 0 radical (unpaired) electrons. The van der Waals surface area contributed by atoms with Crippen LogP contribution in [0.25, 0.3) is 0 Å². The second-order valence-corrected chi connectivity index (χ2v) is 6.30. The minimum Gasteiger partial charge on any atom is -0.393 e. The van der Waals surface area contributed by atoms with Crippen molar-refractivity contribution in [3.05, 3.63) is 0 Å². The maximum atomic E-state index is 12.1. The highest BCUT2D eigenvalue weighted by molar-refractivity contribution is 8.00. The third kappa shape index (κ3) is 5.14. The summed E-state index contributed by atoms with van der Waals surface area (Å²) in [5.41, 5.74) is 5.63. The number of hydrogen-bond acceptors (Lipinski definition) is 3. The van der Waals surface area contributed by atoms with Crippen LogP contribution in [0.1, 0.15) is 46.5 Å². The van der Waals surface area contributed by atoms with Crippen molar-refractivity contribution >= 4 is 34.9 Å². The van der Waals surface area contributed by atoms with Gasteiger partial charge >= 0.3 is 0 Å². The van der Waals surface area contributed by atoms with Gasteiger partial charge in [0.2, 0.25) is 5.91 Å². The lowest BCUT2D eigenvalue weighted by molar-refractivity contribution is -0.123. The standard InChI is InChI=1S/C13H26N2OS2/c1-5-8-10(11(14)17)12(16)15-9-13(6-2,7-3)18-4/h10H,5-9H2,1-4H3,(H2,14,17)(H,15,16). The number of carbonyl (C=O) groups is 1. The highest BCUT2D eigenvalue weighted by Gasteiger charge is 2.27. The predicted molar refractivity (Wildman–Crippen MR) is 85.0 cm³/mol. The summed E-state index contributed by atoms with van der Waals surface area (Å²) in [6.45, 7) is 7.03. The molecule has 0 spiro atoms. The van der Waals surface area contributed by atoms with Crippen molar-refractivity contribution < 1.29 is 4.79 Å². The van der Waals surface area contributed by atoms with E-state index in [9.17, 15) is 4.79 Å². The molecule has 0 fully saturated rings. The van der Waals surface area contributed by atoms with E-state index in [1.54, 1.807) is 0 Å². The smallest absolute Gasteiger partial charge is 0.229 e. The van der Waals surface area contributed by atoms with Gasteiger partial charge in [-0.2, -0.15) is 11.8 Å². The molecule has 106 valence electrons. The van der Waals surface area contributed by atoms with Crippen molar-refractivity contribution in [3.63, 3.8) is 0 Å². The van der Waals surface area contributed by atoms with Crippen molar-refractivity contribution in [2.45, 2.75) is 51.2 Å². The first kappa shape index (κ1) is 17.7. The second kappa shape index (κ2) is 8.75. The molecular weight excluding hydrogens is 264 g/mol. The molecule has 0 saturated heterocycles. The number of amides is 1. The van der Waals surface area contributed by atoms with Gasteiger partial charge in [0.1, 0.15) is 0 Å². The summed E-state index contributed by atoms with van der Waals surface area (Å²) < 4.78 is 0.128. The molecule has 0 aromatic rings. The van der Waals surface area contributed by atoms with Crippen molar-refractivity contribution in [2.24, 2.45) is 11.7 Å². The molecule has 0 aromatic heterocycles. The molecule has 0 aliphatic carbocycles. The van der Waals surface area contributed by atoms with Crippen LogP contribution in [0, 0.1) is 5.92 Å². The molecular formula is C13H26N2OS2. The van der Waals surface area contributed by atoms with Gasteiger partial charge in [0.25, 0.3) is 0 Å². The molecule has 1 amide bonds. The van der Waals surface area contributed by atoms with Crippen LogP contribution in [0.5, 0.6) is 0 Å². The van der Waals surface area contributed by atoms with Crippen molar-refractivity contribution in [2.75, 3.05) is 12.8 Å².